The van der Waals surface area contributed by atoms with Crippen LogP contribution in [0, 0.1) is 0 Å². The van der Waals surface area contributed by atoms with Crippen molar-refractivity contribution in [2.45, 2.75) is 19.3 Å². The molecule has 1 amide bonds. The van der Waals surface area contributed by atoms with E-state index in [0.29, 0.717) is 18.8 Å². The van der Waals surface area contributed by atoms with Crippen molar-refractivity contribution in [2.75, 3.05) is 18.7 Å². The van der Waals surface area contributed by atoms with Crippen LogP contribution in [0.3, 0.4) is 0 Å². The molecule has 2 aliphatic heterocycles. The number of fused-ring (bicyclic) bond motifs is 2. The minimum absolute atomic E-state index is 0.00679. The van der Waals surface area contributed by atoms with E-state index in [4.69, 9.17) is 14.2 Å². The highest BCUT2D eigenvalue weighted by atomic mass is 16.7. The van der Waals surface area contributed by atoms with E-state index in [1.54, 1.807) is 0 Å². The van der Waals surface area contributed by atoms with E-state index >= 15 is 0 Å². The van der Waals surface area contributed by atoms with Gasteiger partial charge in [0.15, 0.2) is 11.5 Å². The summed E-state index contributed by atoms with van der Waals surface area (Å²) < 4.78 is 16.6. The van der Waals surface area contributed by atoms with E-state index < -0.39 is 0 Å². The zero-order valence-electron chi connectivity index (χ0n) is 12.8. The van der Waals surface area contributed by atoms with Gasteiger partial charge in [0.1, 0.15) is 5.75 Å². The Morgan fingerprint density at radius 2 is 1.96 bits per heavy atom. The van der Waals surface area contributed by atoms with Crippen LogP contribution >= 0.6 is 0 Å². The van der Waals surface area contributed by atoms with Crippen LogP contribution in [0.5, 0.6) is 17.2 Å². The molecule has 0 bridgehead atoms. The minimum atomic E-state index is -0.0593. The summed E-state index contributed by atoms with van der Waals surface area (Å²) in [5.74, 6) is 2.14. The molecule has 0 fully saturated rings. The molecule has 0 saturated carbocycles. The molecule has 0 unspecified atom stereocenters. The van der Waals surface area contributed by atoms with Crippen molar-refractivity contribution in [3.8, 4) is 17.2 Å². The molecule has 23 heavy (non-hydrogen) atoms. The molecular weight excluding hydrogens is 294 g/mol. The monoisotopic (exact) mass is 311 g/mol. The average Bonchev–Trinajstić information content (AvgIpc) is 3.00. The maximum absolute atomic E-state index is 12.2. The number of hydrogen-bond donors (Lipinski definition) is 1. The van der Waals surface area contributed by atoms with Crippen molar-refractivity contribution in [2.24, 2.45) is 0 Å². The number of hydrogen-bond acceptors (Lipinski definition) is 4. The van der Waals surface area contributed by atoms with Gasteiger partial charge < -0.3 is 19.5 Å². The van der Waals surface area contributed by atoms with E-state index in [2.05, 4.69) is 5.32 Å². The summed E-state index contributed by atoms with van der Waals surface area (Å²) in [7, 11) is 0. The molecule has 0 aliphatic carbocycles. The molecule has 118 valence electrons. The Morgan fingerprint density at radius 3 is 2.78 bits per heavy atom. The van der Waals surface area contributed by atoms with Crippen molar-refractivity contribution < 1.29 is 19.0 Å². The van der Waals surface area contributed by atoms with Crippen LogP contribution in [0.1, 0.15) is 30.4 Å². The van der Waals surface area contributed by atoms with Gasteiger partial charge in [-0.15, -0.1) is 0 Å². The van der Waals surface area contributed by atoms with Gasteiger partial charge in [0.05, 0.1) is 6.61 Å². The zero-order valence-corrected chi connectivity index (χ0v) is 12.8. The third kappa shape index (κ3) is 2.38. The van der Waals surface area contributed by atoms with Crippen LogP contribution in [0.25, 0.3) is 0 Å². The van der Waals surface area contributed by atoms with Crippen molar-refractivity contribution in [3.05, 3.63) is 47.5 Å². The van der Waals surface area contributed by atoms with Crippen LogP contribution in [0.4, 0.5) is 5.69 Å². The van der Waals surface area contributed by atoms with Crippen molar-refractivity contribution in [3.63, 3.8) is 0 Å². The Bertz CT molecular complexity index is 772. The second-order valence-electron chi connectivity index (χ2n) is 5.57. The molecule has 0 aromatic heterocycles. The van der Waals surface area contributed by atoms with Gasteiger partial charge in [0.25, 0.3) is 0 Å². The number of carbonyl (C=O) groups is 1. The molecule has 1 atom stereocenters. The molecule has 1 N–H and O–H groups in total. The molecule has 0 radical (unpaired) electrons. The normalized spacial score (nSPS) is 18.3. The Hall–Kier alpha value is -2.69. The standard InChI is InChI=1S/C18H17NO4/c1-2-21-15-6-4-3-5-11(15)12-8-18(20)19-14-9-17-16(7-13(12)14)22-10-23-17/h3-7,9,12H,2,8,10H2,1H3,(H,19,20)/t12-/m0/s1. The molecule has 5 nitrogen and oxygen atoms in total. The fourth-order valence-corrected chi connectivity index (χ4v) is 3.18. The van der Waals surface area contributed by atoms with Crippen LogP contribution in [0.2, 0.25) is 0 Å². The lowest BCUT2D eigenvalue weighted by atomic mass is 9.84. The number of amides is 1. The number of benzene rings is 2. The highest BCUT2D eigenvalue weighted by Crippen LogP contribution is 2.46. The minimum Gasteiger partial charge on any atom is -0.494 e. The molecule has 0 spiro atoms. The summed E-state index contributed by atoms with van der Waals surface area (Å²) in [6, 6.07) is 11.7. The first-order chi connectivity index (χ1) is 11.3. The lowest BCUT2D eigenvalue weighted by Gasteiger charge is -2.27. The quantitative estimate of drug-likeness (QED) is 0.945. The van der Waals surface area contributed by atoms with E-state index in [1.165, 1.54) is 0 Å². The zero-order chi connectivity index (χ0) is 15.8. The Kier molecular flexibility index (Phi) is 3.33. The van der Waals surface area contributed by atoms with Crippen molar-refractivity contribution in [1.82, 2.24) is 0 Å². The first-order valence-corrected chi connectivity index (χ1v) is 7.71. The van der Waals surface area contributed by atoms with Crippen molar-refractivity contribution >= 4 is 11.6 Å². The molecule has 2 aliphatic rings. The fourth-order valence-electron chi connectivity index (χ4n) is 3.18. The van der Waals surface area contributed by atoms with Crippen LogP contribution in [-0.2, 0) is 4.79 Å². The van der Waals surface area contributed by atoms with Gasteiger partial charge in [-0.1, -0.05) is 18.2 Å². The van der Waals surface area contributed by atoms with E-state index in [9.17, 15) is 4.79 Å². The van der Waals surface area contributed by atoms with Gasteiger partial charge in [-0.3, -0.25) is 4.79 Å². The van der Waals surface area contributed by atoms with Crippen molar-refractivity contribution in [1.29, 1.82) is 0 Å². The second-order valence-corrected chi connectivity index (χ2v) is 5.57. The van der Waals surface area contributed by atoms with E-state index in [1.807, 2.05) is 43.3 Å². The lowest BCUT2D eigenvalue weighted by Crippen LogP contribution is -2.23. The number of carbonyl (C=O) groups excluding carboxylic acids is 1. The molecule has 2 aromatic carbocycles. The van der Waals surface area contributed by atoms with Gasteiger partial charge in [0, 0.05) is 29.7 Å². The Morgan fingerprint density at radius 1 is 1.17 bits per heavy atom. The molecule has 0 saturated heterocycles. The number of para-hydroxylation sites is 1. The topological polar surface area (TPSA) is 56.8 Å². The number of anilines is 1. The smallest absolute Gasteiger partial charge is 0.231 e. The van der Waals surface area contributed by atoms with Gasteiger partial charge in [-0.25, -0.2) is 0 Å². The summed E-state index contributed by atoms with van der Waals surface area (Å²) in [5.41, 5.74) is 2.83. The summed E-state index contributed by atoms with van der Waals surface area (Å²) in [6.07, 6.45) is 0.386. The first kappa shape index (κ1) is 13.9. The largest absolute Gasteiger partial charge is 0.494 e. The summed E-state index contributed by atoms with van der Waals surface area (Å²) in [4.78, 5) is 12.2. The fraction of sp³-hybridized carbons (Fsp3) is 0.278. The van der Waals surface area contributed by atoms with Crippen LogP contribution < -0.4 is 19.5 Å². The van der Waals surface area contributed by atoms with Gasteiger partial charge >= 0.3 is 0 Å². The van der Waals surface area contributed by atoms with Gasteiger partial charge in [-0.05, 0) is 24.6 Å². The maximum Gasteiger partial charge on any atom is 0.231 e. The molecule has 2 heterocycles. The maximum atomic E-state index is 12.2. The lowest BCUT2D eigenvalue weighted by molar-refractivity contribution is -0.116. The number of nitrogens with one attached hydrogen (secondary N) is 1. The highest BCUT2D eigenvalue weighted by molar-refractivity contribution is 5.96. The summed E-state index contributed by atoms with van der Waals surface area (Å²) in [5, 5.41) is 2.93. The molecular formula is C18H17NO4. The third-order valence-corrected chi connectivity index (χ3v) is 4.18. The number of rotatable bonds is 3. The molecule has 2 aromatic rings. The predicted molar refractivity (Wildman–Crippen MR) is 85.3 cm³/mol. The van der Waals surface area contributed by atoms with Crippen LogP contribution in [0.15, 0.2) is 36.4 Å². The summed E-state index contributed by atoms with van der Waals surface area (Å²) in [6.45, 7) is 2.76. The van der Waals surface area contributed by atoms with Gasteiger partial charge in [0.2, 0.25) is 12.7 Å². The molecule has 5 heteroatoms. The number of ether oxygens (including phenoxy) is 3. The highest BCUT2D eigenvalue weighted by Gasteiger charge is 2.31. The van der Waals surface area contributed by atoms with Crippen LogP contribution in [-0.4, -0.2) is 19.3 Å². The Balaban J connectivity index is 1.83. The second kappa shape index (κ2) is 5.50. The van der Waals surface area contributed by atoms with E-state index in [0.717, 1.165) is 28.3 Å². The SMILES string of the molecule is CCOc1ccccc1[C@@H]1CC(=O)Nc2cc3c(cc21)OCO3. The Labute approximate surface area is 134 Å². The average molecular weight is 311 g/mol. The first-order valence-electron chi connectivity index (χ1n) is 7.71. The third-order valence-electron chi connectivity index (χ3n) is 4.18. The van der Waals surface area contributed by atoms with Gasteiger partial charge in [-0.2, -0.15) is 0 Å². The van der Waals surface area contributed by atoms with E-state index in [-0.39, 0.29) is 18.6 Å². The summed E-state index contributed by atoms with van der Waals surface area (Å²) >= 11 is 0. The molecule has 4 rings (SSSR count). The predicted octanol–water partition coefficient (Wildman–Crippen LogP) is 3.29.